The molecular weight excluding hydrogens is 260 g/mol. The van der Waals surface area contributed by atoms with Crippen LogP contribution in [0.2, 0.25) is 0 Å². The Hall–Kier alpha value is -2.13. The molecule has 3 rings (SSSR count). The van der Waals surface area contributed by atoms with Crippen LogP contribution in [0.1, 0.15) is 16.8 Å². The number of halogens is 1. The lowest BCUT2D eigenvalue weighted by atomic mass is 10.1. The van der Waals surface area contributed by atoms with Crippen molar-refractivity contribution in [3.8, 4) is 11.4 Å². The van der Waals surface area contributed by atoms with Crippen LogP contribution >= 0.6 is 11.6 Å². The minimum atomic E-state index is -0.425. The maximum absolute atomic E-state index is 6.34. The van der Waals surface area contributed by atoms with Gasteiger partial charge in [0.1, 0.15) is 5.38 Å². The average Bonchev–Trinajstić information content (AvgIpc) is 2.98. The van der Waals surface area contributed by atoms with Crippen molar-refractivity contribution in [3.05, 3.63) is 72.1 Å². The van der Waals surface area contributed by atoms with Gasteiger partial charge in [0.2, 0.25) is 11.7 Å². The van der Waals surface area contributed by atoms with Crippen LogP contribution in [-0.4, -0.2) is 10.1 Å². The minimum Gasteiger partial charge on any atom is -0.337 e. The lowest BCUT2D eigenvalue weighted by molar-refractivity contribution is 0.383. The number of hydrogen-bond acceptors (Lipinski definition) is 3. The summed E-state index contributed by atoms with van der Waals surface area (Å²) in [5, 5.41) is 3.54. The quantitative estimate of drug-likeness (QED) is 0.674. The first kappa shape index (κ1) is 11.9. The molecule has 3 nitrogen and oxygen atoms in total. The fourth-order valence-electron chi connectivity index (χ4n) is 1.81. The van der Waals surface area contributed by atoms with Crippen molar-refractivity contribution >= 4 is 11.6 Å². The fraction of sp³-hybridized carbons (Fsp3) is 0.0667. The Morgan fingerprint density at radius 2 is 1.53 bits per heavy atom. The van der Waals surface area contributed by atoms with E-state index in [9.17, 15) is 0 Å². The van der Waals surface area contributed by atoms with E-state index in [4.69, 9.17) is 16.1 Å². The van der Waals surface area contributed by atoms with Gasteiger partial charge in [0, 0.05) is 5.56 Å². The van der Waals surface area contributed by atoms with Crippen molar-refractivity contribution in [2.45, 2.75) is 5.38 Å². The molecule has 1 atom stereocenters. The first-order valence-corrected chi connectivity index (χ1v) is 6.36. The Bertz CT molecular complexity index is 652. The Morgan fingerprint density at radius 3 is 2.21 bits per heavy atom. The Morgan fingerprint density at radius 1 is 0.895 bits per heavy atom. The fourth-order valence-corrected chi connectivity index (χ4v) is 2.04. The third-order valence-corrected chi connectivity index (χ3v) is 3.22. The van der Waals surface area contributed by atoms with Crippen molar-refractivity contribution in [2.24, 2.45) is 0 Å². The summed E-state index contributed by atoms with van der Waals surface area (Å²) < 4.78 is 5.24. The maximum atomic E-state index is 6.34. The molecule has 94 valence electrons. The normalized spacial score (nSPS) is 12.3. The van der Waals surface area contributed by atoms with Crippen LogP contribution in [0.5, 0.6) is 0 Å². The highest BCUT2D eigenvalue weighted by molar-refractivity contribution is 6.22. The maximum Gasteiger partial charge on any atom is 0.249 e. The van der Waals surface area contributed by atoms with E-state index in [1.807, 2.05) is 60.7 Å². The number of alkyl halides is 1. The van der Waals surface area contributed by atoms with E-state index >= 15 is 0 Å². The lowest BCUT2D eigenvalue weighted by Gasteiger charge is -2.03. The summed E-state index contributed by atoms with van der Waals surface area (Å²) in [6.07, 6.45) is 0. The van der Waals surface area contributed by atoms with Crippen molar-refractivity contribution in [3.63, 3.8) is 0 Å². The summed E-state index contributed by atoms with van der Waals surface area (Å²) in [5.41, 5.74) is 1.85. The molecule has 0 radical (unpaired) electrons. The van der Waals surface area contributed by atoms with Gasteiger partial charge in [-0.3, -0.25) is 0 Å². The molecule has 0 aliphatic heterocycles. The highest BCUT2D eigenvalue weighted by Crippen LogP contribution is 2.28. The van der Waals surface area contributed by atoms with Gasteiger partial charge in [-0.25, -0.2) is 0 Å². The Balaban J connectivity index is 1.90. The van der Waals surface area contributed by atoms with E-state index in [0.717, 1.165) is 11.1 Å². The average molecular weight is 271 g/mol. The van der Waals surface area contributed by atoms with Gasteiger partial charge in [0.05, 0.1) is 0 Å². The molecule has 19 heavy (non-hydrogen) atoms. The summed E-state index contributed by atoms with van der Waals surface area (Å²) in [6.45, 7) is 0. The summed E-state index contributed by atoms with van der Waals surface area (Å²) in [7, 11) is 0. The smallest absolute Gasteiger partial charge is 0.249 e. The number of rotatable bonds is 3. The van der Waals surface area contributed by atoms with Gasteiger partial charge < -0.3 is 4.52 Å². The molecule has 2 aromatic carbocycles. The molecule has 0 saturated heterocycles. The standard InChI is InChI=1S/C15H11ClN2O/c16-13(11-7-3-1-4-8-11)15-17-14(18-19-15)12-9-5-2-6-10-12/h1-10,13H. The molecule has 0 bridgehead atoms. The second-order valence-electron chi connectivity index (χ2n) is 4.10. The molecule has 3 aromatic rings. The highest BCUT2D eigenvalue weighted by atomic mass is 35.5. The largest absolute Gasteiger partial charge is 0.337 e. The van der Waals surface area contributed by atoms with Crippen LogP contribution < -0.4 is 0 Å². The van der Waals surface area contributed by atoms with Crippen molar-refractivity contribution in [1.82, 2.24) is 10.1 Å². The monoisotopic (exact) mass is 270 g/mol. The van der Waals surface area contributed by atoms with Gasteiger partial charge in [-0.05, 0) is 5.56 Å². The van der Waals surface area contributed by atoms with E-state index in [2.05, 4.69) is 10.1 Å². The molecule has 0 aliphatic carbocycles. The van der Waals surface area contributed by atoms with Crippen LogP contribution in [0.4, 0.5) is 0 Å². The molecule has 0 spiro atoms. The minimum absolute atomic E-state index is 0.409. The van der Waals surface area contributed by atoms with E-state index in [0.29, 0.717) is 11.7 Å². The molecule has 1 heterocycles. The molecular formula is C15H11ClN2O. The SMILES string of the molecule is ClC(c1ccccc1)c1nc(-c2ccccc2)no1. The zero-order valence-corrected chi connectivity index (χ0v) is 10.8. The van der Waals surface area contributed by atoms with Crippen molar-refractivity contribution < 1.29 is 4.52 Å². The number of nitrogens with zero attached hydrogens (tertiary/aromatic N) is 2. The van der Waals surface area contributed by atoms with Crippen LogP contribution in [0, 0.1) is 0 Å². The molecule has 0 N–H and O–H groups in total. The lowest BCUT2D eigenvalue weighted by Crippen LogP contribution is -1.93. The predicted octanol–water partition coefficient (Wildman–Crippen LogP) is 4.06. The van der Waals surface area contributed by atoms with Gasteiger partial charge in [0.15, 0.2) is 0 Å². The molecule has 1 aromatic heterocycles. The van der Waals surface area contributed by atoms with E-state index in [1.54, 1.807) is 0 Å². The first-order valence-electron chi connectivity index (χ1n) is 5.92. The zero-order valence-electron chi connectivity index (χ0n) is 10.0. The Labute approximate surface area is 115 Å². The van der Waals surface area contributed by atoms with E-state index in [-0.39, 0.29) is 0 Å². The van der Waals surface area contributed by atoms with Gasteiger partial charge in [-0.1, -0.05) is 65.8 Å². The summed E-state index contributed by atoms with van der Waals surface area (Å²) in [4.78, 5) is 4.35. The third kappa shape index (κ3) is 2.51. The summed E-state index contributed by atoms with van der Waals surface area (Å²) in [6, 6.07) is 19.3. The van der Waals surface area contributed by atoms with Gasteiger partial charge in [-0.15, -0.1) is 11.6 Å². The highest BCUT2D eigenvalue weighted by Gasteiger charge is 2.18. The first-order chi connectivity index (χ1) is 9.34. The van der Waals surface area contributed by atoms with E-state index < -0.39 is 5.38 Å². The molecule has 0 aliphatic rings. The van der Waals surface area contributed by atoms with Crippen LogP contribution in [-0.2, 0) is 0 Å². The van der Waals surface area contributed by atoms with Crippen molar-refractivity contribution in [2.75, 3.05) is 0 Å². The third-order valence-electron chi connectivity index (χ3n) is 2.78. The van der Waals surface area contributed by atoms with Crippen LogP contribution in [0.15, 0.2) is 65.2 Å². The molecule has 4 heteroatoms. The van der Waals surface area contributed by atoms with Crippen LogP contribution in [0.25, 0.3) is 11.4 Å². The predicted molar refractivity (Wildman–Crippen MR) is 73.9 cm³/mol. The number of hydrogen-bond donors (Lipinski definition) is 0. The second kappa shape index (κ2) is 5.24. The molecule has 0 saturated carbocycles. The number of benzene rings is 2. The molecule has 0 amide bonds. The van der Waals surface area contributed by atoms with Gasteiger partial charge >= 0.3 is 0 Å². The summed E-state index contributed by atoms with van der Waals surface area (Å²) in [5.74, 6) is 0.962. The second-order valence-corrected chi connectivity index (χ2v) is 4.53. The van der Waals surface area contributed by atoms with E-state index in [1.165, 1.54) is 0 Å². The molecule has 0 fully saturated rings. The number of aromatic nitrogens is 2. The van der Waals surface area contributed by atoms with Gasteiger partial charge in [-0.2, -0.15) is 4.98 Å². The Kier molecular flexibility index (Phi) is 3.29. The molecule has 1 unspecified atom stereocenters. The topological polar surface area (TPSA) is 38.9 Å². The summed E-state index contributed by atoms with van der Waals surface area (Å²) >= 11 is 6.34. The van der Waals surface area contributed by atoms with Gasteiger partial charge in [0.25, 0.3) is 0 Å². The van der Waals surface area contributed by atoms with Crippen LogP contribution in [0.3, 0.4) is 0 Å². The zero-order chi connectivity index (χ0) is 13.1. The van der Waals surface area contributed by atoms with Crippen molar-refractivity contribution in [1.29, 1.82) is 0 Å².